The van der Waals surface area contributed by atoms with Gasteiger partial charge in [-0.2, -0.15) is 0 Å². The average molecular weight is 292 g/mol. The van der Waals surface area contributed by atoms with E-state index in [0.29, 0.717) is 23.6 Å². The Hall–Kier alpha value is -2.21. The molecule has 0 aliphatic carbocycles. The molecule has 21 heavy (non-hydrogen) atoms. The Labute approximate surface area is 123 Å². The number of nitrogens with zero attached hydrogens (tertiary/aromatic N) is 2. The van der Waals surface area contributed by atoms with Crippen molar-refractivity contribution >= 4 is 0 Å². The lowest BCUT2D eigenvalue weighted by Crippen LogP contribution is -2.25. The lowest BCUT2D eigenvalue weighted by molar-refractivity contribution is 0.151. The van der Waals surface area contributed by atoms with Crippen molar-refractivity contribution in [2.75, 3.05) is 14.2 Å². The van der Waals surface area contributed by atoms with Crippen molar-refractivity contribution in [1.29, 1.82) is 0 Å². The molecule has 0 radical (unpaired) electrons. The number of aryl methyl sites for hydroxylation is 1. The summed E-state index contributed by atoms with van der Waals surface area (Å²) in [4.78, 5) is 12.0. The molecule has 0 aliphatic rings. The van der Waals surface area contributed by atoms with E-state index in [0.717, 1.165) is 0 Å². The molecule has 1 N–H and O–H groups in total. The van der Waals surface area contributed by atoms with E-state index < -0.39 is 6.10 Å². The van der Waals surface area contributed by atoms with E-state index in [1.165, 1.54) is 11.7 Å². The SMILES string of the molecule is CCn1ccn(CC(O)c2ccc(OC)cc2OC)c1=O. The first-order chi connectivity index (χ1) is 10.1. The molecule has 0 amide bonds. The summed E-state index contributed by atoms with van der Waals surface area (Å²) < 4.78 is 13.5. The third-order valence-electron chi connectivity index (χ3n) is 3.43. The Balaban J connectivity index is 2.25. The first kappa shape index (κ1) is 15.2. The minimum atomic E-state index is -0.837. The Bertz CT molecular complexity index is 660. The van der Waals surface area contributed by atoms with Crippen molar-refractivity contribution in [3.05, 3.63) is 46.6 Å². The van der Waals surface area contributed by atoms with Crippen molar-refractivity contribution in [3.63, 3.8) is 0 Å². The van der Waals surface area contributed by atoms with Crippen molar-refractivity contribution in [3.8, 4) is 11.5 Å². The lowest BCUT2D eigenvalue weighted by Gasteiger charge is -2.16. The van der Waals surface area contributed by atoms with Crippen LogP contribution < -0.4 is 15.2 Å². The number of benzene rings is 1. The van der Waals surface area contributed by atoms with Crippen LogP contribution in [-0.2, 0) is 13.1 Å². The van der Waals surface area contributed by atoms with Crippen LogP contribution in [0.15, 0.2) is 35.4 Å². The number of imidazole rings is 1. The highest BCUT2D eigenvalue weighted by atomic mass is 16.5. The molecule has 1 aromatic carbocycles. The van der Waals surface area contributed by atoms with Crippen molar-refractivity contribution < 1.29 is 14.6 Å². The fourth-order valence-electron chi connectivity index (χ4n) is 2.21. The van der Waals surface area contributed by atoms with Gasteiger partial charge < -0.3 is 14.6 Å². The Morgan fingerprint density at radius 2 is 1.90 bits per heavy atom. The molecular weight excluding hydrogens is 272 g/mol. The third-order valence-corrected chi connectivity index (χ3v) is 3.43. The molecule has 0 aliphatic heterocycles. The second kappa shape index (κ2) is 6.49. The number of hydrogen-bond donors (Lipinski definition) is 1. The molecule has 0 saturated carbocycles. The highest BCUT2D eigenvalue weighted by Crippen LogP contribution is 2.30. The number of aliphatic hydroxyl groups excluding tert-OH is 1. The van der Waals surface area contributed by atoms with E-state index in [4.69, 9.17) is 9.47 Å². The number of methoxy groups -OCH3 is 2. The van der Waals surface area contributed by atoms with Crippen LogP contribution in [0.1, 0.15) is 18.6 Å². The Morgan fingerprint density at radius 3 is 2.48 bits per heavy atom. The number of aliphatic hydroxyl groups is 1. The molecule has 2 rings (SSSR count). The van der Waals surface area contributed by atoms with Gasteiger partial charge in [0.25, 0.3) is 0 Å². The highest BCUT2D eigenvalue weighted by Gasteiger charge is 2.16. The zero-order chi connectivity index (χ0) is 15.4. The van der Waals surface area contributed by atoms with Gasteiger partial charge in [-0.15, -0.1) is 0 Å². The van der Waals surface area contributed by atoms with Crippen LogP contribution in [0.2, 0.25) is 0 Å². The van der Waals surface area contributed by atoms with Gasteiger partial charge in [0.05, 0.1) is 20.8 Å². The molecule has 1 unspecified atom stereocenters. The first-order valence-corrected chi connectivity index (χ1v) is 6.76. The molecule has 0 bridgehead atoms. The first-order valence-electron chi connectivity index (χ1n) is 6.76. The maximum Gasteiger partial charge on any atom is 0.328 e. The molecule has 1 atom stereocenters. The Kier molecular flexibility index (Phi) is 4.70. The standard InChI is InChI=1S/C15H20N2O4/c1-4-16-7-8-17(15(16)19)10-13(18)12-6-5-11(20-2)9-14(12)21-3/h5-9,13,18H,4,10H2,1-3H3. The molecule has 0 spiro atoms. The summed E-state index contributed by atoms with van der Waals surface area (Å²) in [5.74, 6) is 1.18. The second-order valence-electron chi connectivity index (χ2n) is 4.64. The fraction of sp³-hybridized carbons (Fsp3) is 0.400. The van der Waals surface area contributed by atoms with Gasteiger partial charge in [-0.3, -0.25) is 9.13 Å². The maximum atomic E-state index is 12.0. The van der Waals surface area contributed by atoms with E-state index in [9.17, 15) is 9.90 Å². The molecule has 0 fully saturated rings. The summed E-state index contributed by atoms with van der Waals surface area (Å²) in [5.41, 5.74) is 0.485. The van der Waals surface area contributed by atoms with E-state index in [1.807, 2.05) is 6.92 Å². The van der Waals surface area contributed by atoms with Crippen molar-refractivity contribution in [2.24, 2.45) is 0 Å². The van der Waals surface area contributed by atoms with E-state index in [1.54, 1.807) is 42.3 Å². The van der Waals surface area contributed by atoms with Crippen molar-refractivity contribution in [2.45, 2.75) is 26.1 Å². The minimum Gasteiger partial charge on any atom is -0.497 e. The zero-order valence-corrected chi connectivity index (χ0v) is 12.4. The summed E-state index contributed by atoms with van der Waals surface area (Å²) in [6.45, 7) is 2.68. The molecule has 1 heterocycles. The van der Waals surface area contributed by atoms with Crippen LogP contribution in [0.3, 0.4) is 0 Å². The van der Waals surface area contributed by atoms with Gasteiger partial charge in [0.15, 0.2) is 0 Å². The van der Waals surface area contributed by atoms with E-state index in [-0.39, 0.29) is 12.2 Å². The number of ether oxygens (including phenoxy) is 2. The van der Waals surface area contributed by atoms with Crippen LogP contribution in [0, 0.1) is 0 Å². The van der Waals surface area contributed by atoms with Gasteiger partial charge >= 0.3 is 5.69 Å². The largest absolute Gasteiger partial charge is 0.497 e. The summed E-state index contributed by atoms with van der Waals surface area (Å²) in [5, 5.41) is 10.4. The number of hydrogen-bond acceptors (Lipinski definition) is 4. The van der Waals surface area contributed by atoms with Crippen LogP contribution in [0.25, 0.3) is 0 Å². The van der Waals surface area contributed by atoms with Gasteiger partial charge in [0.1, 0.15) is 17.6 Å². The van der Waals surface area contributed by atoms with Gasteiger partial charge in [-0.05, 0) is 19.1 Å². The molecular formula is C15H20N2O4. The summed E-state index contributed by atoms with van der Waals surface area (Å²) >= 11 is 0. The molecule has 6 nitrogen and oxygen atoms in total. The fourth-order valence-corrected chi connectivity index (χ4v) is 2.21. The van der Waals surface area contributed by atoms with E-state index >= 15 is 0 Å². The third kappa shape index (κ3) is 3.11. The lowest BCUT2D eigenvalue weighted by atomic mass is 10.1. The predicted molar refractivity (Wildman–Crippen MR) is 78.9 cm³/mol. The number of rotatable bonds is 6. The topological polar surface area (TPSA) is 65.6 Å². The maximum absolute atomic E-state index is 12.0. The van der Waals surface area contributed by atoms with Gasteiger partial charge in [-0.25, -0.2) is 4.79 Å². The van der Waals surface area contributed by atoms with Gasteiger partial charge in [0.2, 0.25) is 0 Å². The summed E-state index contributed by atoms with van der Waals surface area (Å²) in [6.07, 6.45) is 2.54. The highest BCUT2D eigenvalue weighted by molar-refractivity contribution is 5.41. The minimum absolute atomic E-state index is 0.135. The molecule has 0 saturated heterocycles. The van der Waals surface area contributed by atoms with Crippen LogP contribution >= 0.6 is 0 Å². The molecule has 114 valence electrons. The summed E-state index contributed by atoms with van der Waals surface area (Å²) in [6, 6.07) is 5.20. The zero-order valence-electron chi connectivity index (χ0n) is 12.4. The number of aromatic nitrogens is 2. The quantitative estimate of drug-likeness (QED) is 0.874. The van der Waals surface area contributed by atoms with Crippen LogP contribution in [-0.4, -0.2) is 28.5 Å². The van der Waals surface area contributed by atoms with Crippen molar-refractivity contribution in [1.82, 2.24) is 9.13 Å². The average Bonchev–Trinajstić information content (AvgIpc) is 2.86. The second-order valence-corrected chi connectivity index (χ2v) is 4.64. The monoisotopic (exact) mass is 292 g/mol. The van der Waals surface area contributed by atoms with Gasteiger partial charge in [-0.1, -0.05) is 0 Å². The normalized spacial score (nSPS) is 12.2. The Morgan fingerprint density at radius 1 is 1.19 bits per heavy atom. The molecule has 2 aromatic rings. The smallest absolute Gasteiger partial charge is 0.328 e. The predicted octanol–water partition coefficient (Wildman–Crippen LogP) is 1.42. The van der Waals surface area contributed by atoms with Crippen LogP contribution in [0.5, 0.6) is 11.5 Å². The summed E-state index contributed by atoms with van der Waals surface area (Å²) in [7, 11) is 3.10. The van der Waals surface area contributed by atoms with Crippen LogP contribution in [0.4, 0.5) is 0 Å². The molecule has 6 heteroatoms. The van der Waals surface area contributed by atoms with Gasteiger partial charge in [0, 0.05) is 30.6 Å². The molecule has 1 aromatic heterocycles. The van der Waals surface area contributed by atoms with E-state index in [2.05, 4.69) is 0 Å².